The lowest BCUT2D eigenvalue weighted by Gasteiger charge is -2.16. The Morgan fingerprint density at radius 2 is 1.96 bits per heavy atom. The van der Waals surface area contributed by atoms with Crippen LogP contribution in [0.2, 0.25) is 0 Å². The van der Waals surface area contributed by atoms with Gasteiger partial charge in [-0.25, -0.2) is 0 Å². The Morgan fingerprint density at radius 3 is 2.69 bits per heavy atom. The van der Waals surface area contributed by atoms with E-state index in [2.05, 4.69) is 21.7 Å². The Kier molecular flexibility index (Phi) is 6.12. The molecule has 3 N–H and O–H groups in total. The minimum Gasteiger partial charge on any atom is -0.488 e. The Bertz CT molecular complexity index is 718. The van der Waals surface area contributed by atoms with Gasteiger partial charge in [-0.15, -0.1) is 0 Å². The molecule has 0 aliphatic carbocycles. The molecule has 2 aromatic carbocycles. The normalized spacial score (nSPS) is 17.3. The molecule has 1 heterocycles. The quantitative estimate of drug-likeness (QED) is 0.552. The molecule has 5 nitrogen and oxygen atoms in total. The molecule has 0 fully saturated rings. The molecule has 26 heavy (non-hydrogen) atoms. The summed E-state index contributed by atoms with van der Waals surface area (Å²) in [6.45, 7) is 5.80. The molecule has 0 saturated carbocycles. The van der Waals surface area contributed by atoms with Gasteiger partial charge in [0.1, 0.15) is 11.9 Å². The fourth-order valence-corrected chi connectivity index (χ4v) is 2.99. The molecular weight excluding hydrogens is 326 g/mol. The van der Waals surface area contributed by atoms with E-state index in [0.29, 0.717) is 19.0 Å². The summed E-state index contributed by atoms with van der Waals surface area (Å²) in [6.07, 6.45) is 0.380. The smallest absolute Gasteiger partial charge is 0.191 e. The van der Waals surface area contributed by atoms with Gasteiger partial charge < -0.3 is 20.5 Å². The highest BCUT2D eigenvalue weighted by molar-refractivity contribution is 5.79. The SMILES string of the molecule is CCNC(=NCC(O)c1ccc(C)cc1)NCC1Cc2ccccc2O1. The van der Waals surface area contributed by atoms with Gasteiger partial charge in [0, 0.05) is 13.0 Å². The molecule has 2 atom stereocenters. The first-order valence-electron chi connectivity index (χ1n) is 9.17. The van der Waals surface area contributed by atoms with Gasteiger partial charge in [-0.1, -0.05) is 48.0 Å². The standard InChI is InChI=1S/C21H27N3O2/c1-3-22-21(24-14-19(25)16-10-8-15(2)9-11-16)23-13-18-12-17-6-4-5-7-20(17)26-18/h4-11,18-19,25H,3,12-14H2,1-2H3,(H2,22,23,24). The van der Waals surface area contributed by atoms with Crippen LogP contribution >= 0.6 is 0 Å². The lowest BCUT2D eigenvalue weighted by atomic mass is 10.1. The molecule has 0 saturated heterocycles. The number of fused-ring (bicyclic) bond motifs is 1. The van der Waals surface area contributed by atoms with Gasteiger partial charge in [0.2, 0.25) is 0 Å². The third-order valence-electron chi connectivity index (χ3n) is 4.44. The summed E-state index contributed by atoms with van der Waals surface area (Å²) in [5, 5.41) is 16.9. The van der Waals surface area contributed by atoms with Gasteiger partial charge in [0.25, 0.3) is 0 Å². The van der Waals surface area contributed by atoms with Gasteiger partial charge in [0.15, 0.2) is 5.96 Å². The van der Waals surface area contributed by atoms with Crippen LogP contribution in [0.1, 0.15) is 29.7 Å². The number of para-hydroxylation sites is 1. The molecule has 3 rings (SSSR count). The number of aliphatic hydroxyl groups excluding tert-OH is 1. The second-order valence-corrected chi connectivity index (χ2v) is 6.58. The molecule has 0 aromatic heterocycles. The number of rotatable bonds is 6. The summed E-state index contributed by atoms with van der Waals surface area (Å²) in [6, 6.07) is 16.0. The highest BCUT2D eigenvalue weighted by atomic mass is 16.5. The van der Waals surface area contributed by atoms with Crippen molar-refractivity contribution in [3.05, 3.63) is 65.2 Å². The van der Waals surface area contributed by atoms with E-state index in [1.807, 2.05) is 56.3 Å². The van der Waals surface area contributed by atoms with E-state index in [-0.39, 0.29) is 6.10 Å². The Balaban J connectivity index is 1.53. The lowest BCUT2D eigenvalue weighted by molar-refractivity contribution is 0.187. The molecule has 0 spiro atoms. The van der Waals surface area contributed by atoms with Crippen LogP contribution in [-0.2, 0) is 6.42 Å². The van der Waals surface area contributed by atoms with Crippen LogP contribution in [0.5, 0.6) is 5.75 Å². The number of guanidine groups is 1. The minimum atomic E-state index is -0.613. The average molecular weight is 353 g/mol. The van der Waals surface area contributed by atoms with Crippen LogP contribution in [0.25, 0.3) is 0 Å². The van der Waals surface area contributed by atoms with Crippen molar-refractivity contribution in [1.82, 2.24) is 10.6 Å². The van der Waals surface area contributed by atoms with E-state index in [1.165, 1.54) is 11.1 Å². The van der Waals surface area contributed by atoms with Gasteiger partial charge in [-0.3, -0.25) is 4.99 Å². The number of aliphatic hydroxyl groups is 1. The molecule has 1 aliphatic rings. The number of nitrogens with zero attached hydrogens (tertiary/aromatic N) is 1. The van der Waals surface area contributed by atoms with Crippen molar-refractivity contribution in [3.63, 3.8) is 0 Å². The summed E-state index contributed by atoms with van der Waals surface area (Å²) in [5.41, 5.74) is 3.30. The number of hydrogen-bond acceptors (Lipinski definition) is 3. The number of ether oxygens (including phenoxy) is 1. The van der Waals surface area contributed by atoms with Gasteiger partial charge in [-0.05, 0) is 31.0 Å². The molecular formula is C21H27N3O2. The Hall–Kier alpha value is -2.53. The lowest BCUT2D eigenvalue weighted by Crippen LogP contribution is -2.42. The molecule has 0 radical (unpaired) electrons. The fourth-order valence-electron chi connectivity index (χ4n) is 2.99. The maximum atomic E-state index is 10.3. The number of aryl methyl sites for hydroxylation is 1. The maximum Gasteiger partial charge on any atom is 0.191 e. The zero-order valence-electron chi connectivity index (χ0n) is 15.4. The van der Waals surface area contributed by atoms with Crippen LogP contribution in [0.4, 0.5) is 0 Å². The Morgan fingerprint density at radius 1 is 1.19 bits per heavy atom. The number of hydrogen-bond donors (Lipinski definition) is 3. The third kappa shape index (κ3) is 4.76. The maximum absolute atomic E-state index is 10.3. The first kappa shape index (κ1) is 18.3. The summed E-state index contributed by atoms with van der Waals surface area (Å²) in [5.74, 6) is 1.66. The van der Waals surface area contributed by atoms with E-state index in [0.717, 1.165) is 24.3 Å². The van der Waals surface area contributed by atoms with Crippen molar-refractivity contribution >= 4 is 5.96 Å². The van der Waals surface area contributed by atoms with Crippen molar-refractivity contribution in [2.24, 2.45) is 4.99 Å². The van der Waals surface area contributed by atoms with Crippen LogP contribution in [-0.4, -0.2) is 36.8 Å². The van der Waals surface area contributed by atoms with Gasteiger partial charge in [0.05, 0.1) is 19.2 Å². The predicted octanol–water partition coefficient (Wildman–Crippen LogP) is 2.59. The van der Waals surface area contributed by atoms with E-state index in [1.54, 1.807) is 0 Å². The number of benzene rings is 2. The monoisotopic (exact) mass is 353 g/mol. The molecule has 138 valence electrons. The molecule has 1 aliphatic heterocycles. The fraction of sp³-hybridized carbons (Fsp3) is 0.381. The molecule has 0 bridgehead atoms. The van der Waals surface area contributed by atoms with E-state index in [9.17, 15) is 5.11 Å². The molecule has 2 aromatic rings. The molecule has 5 heteroatoms. The van der Waals surface area contributed by atoms with Crippen LogP contribution in [0.15, 0.2) is 53.5 Å². The average Bonchev–Trinajstić information content (AvgIpc) is 3.07. The Labute approximate surface area is 155 Å². The van der Waals surface area contributed by atoms with Crippen LogP contribution < -0.4 is 15.4 Å². The highest BCUT2D eigenvalue weighted by Crippen LogP contribution is 2.27. The second kappa shape index (κ2) is 8.72. The minimum absolute atomic E-state index is 0.0956. The van der Waals surface area contributed by atoms with Crippen molar-refractivity contribution in [2.75, 3.05) is 19.6 Å². The van der Waals surface area contributed by atoms with Crippen molar-refractivity contribution in [1.29, 1.82) is 0 Å². The third-order valence-corrected chi connectivity index (χ3v) is 4.44. The van der Waals surface area contributed by atoms with E-state index in [4.69, 9.17) is 4.74 Å². The van der Waals surface area contributed by atoms with Gasteiger partial charge >= 0.3 is 0 Å². The molecule has 0 amide bonds. The summed E-state index contributed by atoms with van der Waals surface area (Å²) in [7, 11) is 0. The first-order chi connectivity index (χ1) is 12.7. The first-order valence-corrected chi connectivity index (χ1v) is 9.17. The zero-order chi connectivity index (χ0) is 18.4. The number of nitrogens with one attached hydrogen (secondary N) is 2. The van der Waals surface area contributed by atoms with Crippen molar-refractivity contribution in [3.8, 4) is 5.75 Å². The summed E-state index contributed by atoms with van der Waals surface area (Å²) in [4.78, 5) is 4.51. The second-order valence-electron chi connectivity index (χ2n) is 6.58. The highest BCUT2D eigenvalue weighted by Gasteiger charge is 2.22. The summed E-state index contributed by atoms with van der Waals surface area (Å²) < 4.78 is 5.95. The van der Waals surface area contributed by atoms with Crippen molar-refractivity contribution < 1.29 is 9.84 Å². The van der Waals surface area contributed by atoms with Crippen LogP contribution in [0.3, 0.4) is 0 Å². The summed E-state index contributed by atoms with van der Waals surface area (Å²) >= 11 is 0. The van der Waals surface area contributed by atoms with Gasteiger partial charge in [-0.2, -0.15) is 0 Å². The largest absolute Gasteiger partial charge is 0.488 e. The van der Waals surface area contributed by atoms with E-state index < -0.39 is 6.10 Å². The van der Waals surface area contributed by atoms with Crippen molar-refractivity contribution in [2.45, 2.75) is 32.5 Å². The number of aliphatic imine (C=N–C) groups is 1. The topological polar surface area (TPSA) is 65.9 Å². The van der Waals surface area contributed by atoms with Crippen LogP contribution in [0, 0.1) is 6.92 Å². The molecule has 2 unspecified atom stereocenters. The predicted molar refractivity (Wildman–Crippen MR) is 105 cm³/mol. The zero-order valence-corrected chi connectivity index (χ0v) is 15.4. The van der Waals surface area contributed by atoms with E-state index >= 15 is 0 Å².